The van der Waals surface area contributed by atoms with Crippen molar-refractivity contribution < 1.29 is 23.1 Å². The van der Waals surface area contributed by atoms with Gasteiger partial charge in [0.15, 0.2) is 0 Å². The fourth-order valence-corrected chi connectivity index (χ4v) is 0.959. The Labute approximate surface area is 89.1 Å². The number of pyridine rings is 1. The van der Waals surface area contributed by atoms with Gasteiger partial charge in [0.2, 0.25) is 0 Å². The van der Waals surface area contributed by atoms with Gasteiger partial charge in [-0.05, 0) is 19.1 Å². The number of alkyl halides is 3. The van der Waals surface area contributed by atoms with E-state index in [2.05, 4.69) is 10.3 Å². The van der Waals surface area contributed by atoms with Crippen molar-refractivity contribution in [1.29, 1.82) is 0 Å². The number of hydrogen-bond donors (Lipinski definition) is 2. The van der Waals surface area contributed by atoms with Crippen LogP contribution in [0.3, 0.4) is 0 Å². The lowest BCUT2D eigenvalue weighted by atomic mass is 10.3. The molecule has 7 heteroatoms. The molecular weight excluding hydrogens is 225 g/mol. The molecule has 0 spiro atoms. The van der Waals surface area contributed by atoms with Crippen molar-refractivity contribution in [3.63, 3.8) is 0 Å². The number of carboxylic acid groups (broad SMARTS) is 1. The Bertz CT molecular complexity index is 375. The zero-order chi connectivity index (χ0) is 12.3. The van der Waals surface area contributed by atoms with Crippen molar-refractivity contribution in [3.05, 3.63) is 24.0 Å². The van der Waals surface area contributed by atoms with Crippen LogP contribution in [0.4, 0.5) is 18.9 Å². The lowest BCUT2D eigenvalue weighted by Crippen LogP contribution is -2.25. The molecular formula is C9H9F3N2O2. The van der Waals surface area contributed by atoms with Gasteiger partial charge in [-0.3, -0.25) is 4.79 Å². The van der Waals surface area contributed by atoms with Gasteiger partial charge in [0, 0.05) is 0 Å². The maximum absolute atomic E-state index is 12.1. The highest BCUT2D eigenvalue weighted by molar-refractivity contribution is 5.76. The minimum absolute atomic E-state index is 0.225. The summed E-state index contributed by atoms with van der Waals surface area (Å²) in [6.45, 7) is 1.38. The van der Waals surface area contributed by atoms with Gasteiger partial charge in [0.1, 0.15) is 11.7 Å². The van der Waals surface area contributed by atoms with E-state index in [4.69, 9.17) is 5.11 Å². The number of rotatable bonds is 3. The highest BCUT2D eigenvalue weighted by Crippen LogP contribution is 2.27. The van der Waals surface area contributed by atoms with E-state index >= 15 is 0 Å². The Kier molecular flexibility index (Phi) is 3.36. The second-order valence-corrected chi connectivity index (χ2v) is 3.13. The second kappa shape index (κ2) is 4.38. The minimum atomic E-state index is -4.49. The summed E-state index contributed by atoms with van der Waals surface area (Å²) in [5, 5.41) is 11.1. The Hall–Kier alpha value is -1.79. The van der Waals surface area contributed by atoms with Gasteiger partial charge in [-0.25, -0.2) is 4.98 Å². The predicted molar refractivity (Wildman–Crippen MR) is 50.0 cm³/mol. The largest absolute Gasteiger partial charge is 0.480 e. The van der Waals surface area contributed by atoms with Gasteiger partial charge in [0.25, 0.3) is 0 Å². The maximum Gasteiger partial charge on any atom is 0.433 e. The van der Waals surface area contributed by atoms with Crippen LogP contribution in [0.2, 0.25) is 0 Å². The van der Waals surface area contributed by atoms with Crippen molar-refractivity contribution in [2.75, 3.05) is 5.32 Å². The van der Waals surface area contributed by atoms with Gasteiger partial charge in [-0.15, -0.1) is 0 Å². The van der Waals surface area contributed by atoms with E-state index in [0.717, 1.165) is 18.3 Å². The third-order valence-electron chi connectivity index (χ3n) is 1.81. The average molecular weight is 234 g/mol. The van der Waals surface area contributed by atoms with Crippen LogP contribution < -0.4 is 5.32 Å². The highest BCUT2D eigenvalue weighted by atomic mass is 19.4. The van der Waals surface area contributed by atoms with Gasteiger partial charge < -0.3 is 10.4 Å². The lowest BCUT2D eigenvalue weighted by Gasteiger charge is -2.11. The molecule has 4 nitrogen and oxygen atoms in total. The molecule has 0 saturated heterocycles. The Morgan fingerprint density at radius 1 is 1.50 bits per heavy atom. The van der Waals surface area contributed by atoms with Crippen LogP contribution >= 0.6 is 0 Å². The monoisotopic (exact) mass is 234 g/mol. The molecule has 0 saturated carbocycles. The molecule has 0 bridgehead atoms. The van der Waals surface area contributed by atoms with Crippen LogP contribution in [0.5, 0.6) is 0 Å². The molecule has 1 heterocycles. The molecule has 0 fully saturated rings. The smallest absolute Gasteiger partial charge is 0.433 e. The van der Waals surface area contributed by atoms with Crippen LogP contribution in [0.15, 0.2) is 18.3 Å². The zero-order valence-electron chi connectivity index (χ0n) is 8.25. The van der Waals surface area contributed by atoms with Crippen LogP contribution in [0.25, 0.3) is 0 Å². The van der Waals surface area contributed by atoms with E-state index in [1.54, 1.807) is 0 Å². The normalized spacial score (nSPS) is 13.2. The minimum Gasteiger partial charge on any atom is -0.480 e. The molecule has 0 aromatic carbocycles. The number of carboxylic acids is 1. The number of carbonyl (C=O) groups is 1. The van der Waals surface area contributed by atoms with Crippen molar-refractivity contribution in [1.82, 2.24) is 4.98 Å². The molecule has 0 radical (unpaired) electrons. The van der Waals surface area contributed by atoms with Crippen molar-refractivity contribution in [2.45, 2.75) is 19.1 Å². The molecule has 0 aliphatic carbocycles. The van der Waals surface area contributed by atoms with Crippen molar-refractivity contribution in [3.8, 4) is 0 Å². The van der Waals surface area contributed by atoms with Gasteiger partial charge in [0.05, 0.1) is 11.9 Å². The quantitative estimate of drug-likeness (QED) is 0.839. The van der Waals surface area contributed by atoms with E-state index < -0.39 is 23.9 Å². The zero-order valence-corrected chi connectivity index (χ0v) is 8.25. The summed E-state index contributed by atoms with van der Waals surface area (Å²) in [4.78, 5) is 13.6. The molecule has 1 aromatic heterocycles. The Balaban J connectivity index is 2.76. The first-order chi connectivity index (χ1) is 7.30. The molecule has 1 rings (SSSR count). The van der Waals surface area contributed by atoms with Gasteiger partial charge in [-0.2, -0.15) is 13.2 Å². The van der Waals surface area contributed by atoms with Crippen LogP contribution in [-0.2, 0) is 11.0 Å². The average Bonchev–Trinajstić information content (AvgIpc) is 2.17. The molecule has 0 amide bonds. The van der Waals surface area contributed by atoms with E-state index in [9.17, 15) is 18.0 Å². The predicted octanol–water partition coefficient (Wildman–Crippen LogP) is 1.99. The first-order valence-electron chi connectivity index (χ1n) is 4.33. The number of halogens is 3. The first-order valence-corrected chi connectivity index (χ1v) is 4.33. The maximum atomic E-state index is 12.1. The number of aromatic nitrogens is 1. The van der Waals surface area contributed by atoms with E-state index in [1.165, 1.54) is 6.92 Å². The van der Waals surface area contributed by atoms with Crippen LogP contribution in [0.1, 0.15) is 12.6 Å². The number of anilines is 1. The highest BCUT2D eigenvalue weighted by Gasteiger charge is 2.32. The molecule has 2 N–H and O–H groups in total. The van der Waals surface area contributed by atoms with Gasteiger partial charge in [-0.1, -0.05) is 0 Å². The molecule has 0 aliphatic rings. The standard InChI is InChI=1S/C9H9F3N2O2/c1-5(8(15)16)14-6-2-3-7(13-4-6)9(10,11)12/h2-5,14H,1H3,(H,15,16). The Morgan fingerprint density at radius 3 is 2.50 bits per heavy atom. The molecule has 1 atom stereocenters. The molecule has 1 unspecified atom stereocenters. The number of aliphatic carboxylic acids is 1. The first kappa shape index (κ1) is 12.3. The Morgan fingerprint density at radius 2 is 2.12 bits per heavy atom. The lowest BCUT2D eigenvalue weighted by molar-refractivity contribution is -0.141. The fourth-order valence-electron chi connectivity index (χ4n) is 0.959. The van der Waals surface area contributed by atoms with E-state index in [0.29, 0.717) is 0 Å². The SMILES string of the molecule is CC(Nc1ccc(C(F)(F)F)nc1)C(=O)O. The van der Waals surface area contributed by atoms with E-state index in [1.807, 2.05) is 0 Å². The van der Waals surface area contributed by atoms with Crippen LogP contribution in [0, 0.1) is 0 Å². The summed E-state index contributed by atoms with van der Waals surface area (Å²) >= 11 is 0. The second-order valence-electron chi connectivity index (χ2n) is 3.13. The van der Waals surface area contributed by atoms with Gasteiger partial charge >= 0.3 is 12.1 Å². The van der Waals surface area contributed by atoms with Crippen LogP contribution in [-0.4, -0.2) is 22.1 Å². The number of hydrogen-bond acceptors (Lipinski definition) is 3. The van der Waals surface area contributed by atoms with Crippen molar-refractivity contribution >= 4 is 11.7 Å². The summed E-state index contributed by atoms with van der Waals surface area (Å²) in [7, 11) is 0. The number of nitrogens with one attached hydrogen (secondary N) is 1. The molecule has 88 valence electrons. The summed E-state index contributed by atoms with van der Waals surface area (Å²) in [6.07, 6.45) is -3.54. The topological polar surface area (TPSA) is 62.2 Å². The molecule has 1 aromatic rings. The summed E-state index contributed by atoms with van der Waals surface area (Å²) in [5.41, 5.74) is -0.788. The summed E-state index contributed by atoms with van der Waals surface area (Å²) < 4.78 is 36.4. The number of nitrogens with zero attached hydrogens (tertiary/aromatic N) is 1. The third-order valence-corrected chi connectivity index (χ3v) is 1.81. The van der Waals surface area contributed by atoms with E-state index in [-0.39, 0.29) is 5.69 Å². The summed E-state index contributed by atoms with van der Waals surface area (Å²) in [6, 6.07) is 1.03. The molecule has 0 aliphatic heterocycles. The van der Waals surface area contributed by atoms with Crippen molar-refractivity contribution in [2.24, 2.45) is 0 Å². The summed E-state index contributed by atoms with van der Waals surface area (Å²) in [5.74, 6) is -1.10. The third kappa shape index (κ3) is 3.11. The fraction of sp³-hybridized carbons (Fsp3) is 0.333. The molecule has 16 heavy (non-hydrogen) atoms.